The Balaban J connectivity index is 1.52. The first kappa shape index (κ1) is 14.8. The molecule has 1 saturated heterocycles. The van der Waals surface area contributed by atoms with Crippen LogP contribution in [0.5, 0.6) is 0 Å². The molecule has 4 heteroatoms. The summed E-state index contributed by atoms with van der Waals surface area (Å²) in [7, 11) is 0. The van der Waals surface area contributed by atoms with E-state index in [1.54, 1.807) is 0 Å². The summed E-state index contributed by atoms with van der Waals surface area (Å²) in [4.78, 5) is 9.73. The molecule has 2 heterocycles. The summed E-state index contributed by atoms with van der Waals surface area (Å²) in [5.41, 5.74) is 2.40. The van der Waals surface area contributed by atoms with Crippen molar-refractivity contribution in [1.29, 1.82) is 0 Å². The van der Waals surface area contributed by atoms with E-state index in [1.807, 2.05) is 6.20 Å². The number of piperazine rings is 1. The third kappa shape index (κ3) is 3.95. The molecule has 1 saturated carbocycles. The number of nitrogens with one attached hydrogen (secondary N) is 1. The quantitative estimate of drug-likeness (QED) is 0.870. The van der Waals surface area contributed by atoms with Gasteiger partial charge in [0.05, 0.1) is 17.6 Å². The van der Waals surface area contributed by atoms with Gasteiger partial charge in [0.1, 0.15) is 0 Å². The minimum Gasteiger partial charge on any atom is -0.368 e. The first-order valence-corrected chi connectivity index (χ1v) is 8.43. The fourth-order valence-corrected chi connectivity index (χ4v) is 3.11. The molecule has 0 aromatic carbocycles. The van der Waals surface area contributed by atoms with Crippen molar-refractivity contribution in [3.63, 3.8) is 0 Å². The van der Waals surface area contributed by atoms with Gasteiger partial charge < -0.3 is 10.2 Å². The summed E-state index contributed by atoms with van der Waals surface area (Å²) < 4.78 is 0. The van der Waals surface area contributed by atoms with Gasteiger partial charge in [0, 0.05) is 38.8 Å². The van der Waals surface area contributed by atoms with Gasteiger partial charge in [-0.1, -0.05) is 6.92 Å². The number of hydrogen-bond acceptors (Lipinski definition) is 4. The van der Waals surface area contributed by atoms with E-state index >= 15 is 0 Å². The van der Waals surface area contributed by atoms with E-state index in [-0.39, 0.29) is 0 Å². The zero-order valence-corrected chi connectivity index (χ0v) is 13.4. The summed E-state index contributed by atoms with van der Waals surface area (Å²) in [5, 5.41) is 3.41. The summed E-state index contributed by atoms with van der Waals surface area (Å²) in [6.07, 6.45) is 4.95. The van der Waals surface area contributed by atoms with Crippen LogP contribution in [0.3, 0.4) is 0 Å². The molecule has 21 heavy (non-hydrogen) atoms. The van der Waals surface area contributed by atoms with Crippen molar-refractivity contribution in [3.8, 4) is 0 Å². The van der Waals surface area contributed by atoms with Crippen LogP contribution in [-0.2, 0) is 0 Å². The summed E-state index contributed by atoms with van der Waals surface area (Å²) in [5.74, 6) is 1.00. The maximum absolute atomic E-state index is 4.63. The molecule has 116 valence electrons. The Hall–Kier alpha value is -1.13. The third-order valence-corrected chi connectivity index (χ3v) is 4.68. The second-order valence-corrected chi connectivity index (χ2v) is 6.45. The molecule has 1 aliphatic carbocycles. The maximum atomic E-state index is 4.63. The van der Waals surface area contributed by atoms with Gasteiger partial charge in [0.15, 0.2) is 0 Å². The molecule has 0 bridgehead atoms. The maximum Gasteiger partial charge on any atom is 0.0572 e. The van der Waals surface area contributed by atoms with Gasteiger partial charge in [-0.15, -0.1) is 0 Å². The molecule has 1 aliphatic heterocycles. The number of hydrogen-bond donors (Lipinski definition) is 1. The molecule has 2 fully saturated rings. The number of rotatable bonds is 6. The van der Waals surface area contributed by atoms with Gasteiger partial charge >= 0.3 is 0 Å². The van der Waals surface area contributed by atoms with Gasteiger partial charge in [-0.05, 0) is 44.4 Å². The lowest BCUT2D eigenvalue weighted by Crippen LogP contribution is -2.47. The van der Waals surface area contributed by atoms with Crippen LogP contribution in [0.25, 0.3) is 0 Å². The molecule has 1 aromatic rings. The zero-order chi connectivity index (χ0) is 14.7. The van der Waals surface area contributed by atoms with Gasteiger partial charge in [-0.2, -0.15) is 0 Å². The fourth-order valence-electron chi connectivity index (χ4n) is 3.11. The topological polar surface area (TPSA) is 31.4 Å². The minimum absolute atomic E-state index is 0.333. The Morgan fingerprint density at radius 3 is 2.57 bits per heavy atom. The summed E-state index contributed by atoms with van der Waals surface area (Å²) in [6.45, 7) is 11.3. The highest BCUT2D eigenvalue weighted by Crippen LogP contribution is 2.30. The van der Waals surface area contributed by atoms with Crippen LogP contribution in [-0.4, -0.2) is 49.2 Å². The SMILES string of the molecule is CCNC(C)c1ccc(N2CCN(CC3CC3)CC2)cn1. The number of anilines is 1. The Labute approximate surface area is 128 Å². The lowest BCUT2D eigenvalue weighted by Gasteiger charge is -2.36. The van der Waals surface area contributed by atoms with Crippen molar-refractivity contribution in [2.75, 3.05) is 44.2 Å². The van der Waals surface area contributed by atoms with Crippen LogP contribution in [0.1, 0.15) is 38.4 Å². The molecule has 1 aromatic heterocycles. The first-order valence-electron chi connectivity index (χ1n) is 8.43. The highest BCUT2D eigenvalue weighted by molar-refractivity contribution is 5.45. The van der Waals surface area contributed by atoms with Crippen molar-refractivity contribution in [2.45, 2.75) is 32.7 Å². The van der Waals surface area contributed by atoms with Crippen molar-refractivity contribution in [2.24, 2.45) is 5.92 Å². The highest BCUT2D eigenvalue weighted by Gasteiger charge is 2.26. The molecule has 3 rings (SSSR count). The van der Waals surface area contributed by atoms with Crippen LogP contribution in [0, 0.1) is 5.92 Å². The standard InChI is InChI=1S/C17H28N4/c1-3-18-14(2)17-7-6-16(12-19-17)21-10-8-20(9-11-21)13-15-4-5-15/h6-7,12,14-15,18H,3-5,8-11,13H2,1-2H3. The number of aromatic nitrogens is 1. The van der Waals surface area contributed by atoms with Gasteiger partial charge in [0.25, 0.3) is 0 Å². The molecule has 1 N–H and O–H groups in total. The van der Waals surface area contributed by atoms with Crippen molar-refractivity contribution in [3.05, 3.63) is 24.0 Å². The van der Waals surface area contributed by atoms with Crippen LogP contribution < -0.4 is 10.2 Å². The Bertz CT molecular complexity index is 433. The summed E-state index contributed by atoms with van der Waals surface area (Å²) in [6, 6.07) is 4.73. The smallest absolute Gasteiger partial charge is 0.0572 e. The normalized spacial score (nSPS) is 21.5. The largest absolute Gasteiger partial charge is 0.368 e. The Kier molecular flexibility index (Phi) is 4.76. The molecule has 0 radical (unpaired) electrons. The Morgan fingerprint density at radius 2 is 2.00 bits per heavy atom. The highest BCUT2D eigenvalue weighted by atomic mass is 15.3. The summed E-state index contributed by atoms with van der Waals surface area (Å²) >= 11 is 0. The molecule has 1 unspecified atom stereocenters. The second-order valence-electron chi connectivity index (χ2n) is 6.45. The van der Waals surface area contributed by atoms with Crippen molar-refractivity contribution < 1.29 is 0 Å². The van der Waals surface area contributed by atoms with Crippen LogP contribution in [0.15, 0.2) is 18.3 Å². The second kappa shape index (κ2) is 6.75. The van der Waals surface area contributed by atoms with E-state index in [4.69, 9.17) is 0 Å². The van der Waals surface area contributed by atoms with Crippen molar-refractivity contribution >= 4 is 5.69 Å². The lowest BCUT2D eigenvalue weighted by molar-refractivity contribution is 0.248. The van der Waals surface area contributed by atoms with E-state index in [1.165, 1.54) is 38.2 Å². The molecule has 0 amide bonds. The van der Waals surface area contributed by atoms with Gasteiger partial charge in [0.2, 0.25) is 0 Å². The molecule has 4 nitrogen and oxygen atoms in total. The van der Waals surface area contributed by atoms with Crippen LogP contribution in [0.2, 0.25) is 0 Å². The van der Waals surface area contributed by atoms with Crippen LogP contribution in [0.4, 0.5) is 5.69 Å². The minimum atomic E-state index is 0.333. The zero-order valence-electron chi connectivity index (χ0n) is 13.4. The monoisotopic (exact) mass is 288 g/mol. The average molecular weight is 288 g/mol. The molecule has 0 spiro atoms. The predicted octanol–water partition coefficient (Wildman–Crippen LogP) is 2.28. The molecule has 2 aliphatic rings. The molecular weight excluding hydrogens is 260 g/mol. The number of pyridine rings is 1. The van der Waals surface area contributed by atoms with E-state index in [0.717, 1.165) is 31.2 Å². The first-order chi connectivity index (χ1) is 10.3. The lowest BCUT2D eigenvalue weighted by atomic mass is 10.2. The predicted molar refractivity (Wildman–Crippen MR) is 87.7 cm³/mol. The fraction of sp³-hybridized carbons (Fsp3) is 0.706. The van der Waals surface area contributed by atoms with E-state index in [2.05, 4.69) is 46.1 Å². The molecular formula is C17H28N4. The van der Waals surface area contributed by atoms with Crippen LogP contribution >= 0.6 is 0 Å². The number of nitrogens with zero attached hydrogens (tertiary/aromatic N) is 3. The average Bonchev–Trinajstić information content (AvgIpc) is 3.32. The van der Waals surface area contributed by atoms with Gasteiger partial charge in [-0.3, -0.25) is 9.88 Å². The van der Waals surface area contributed by atoms with E-state index in [0.29, 0.717) is 6.04 Å². The Morgan fingerprint density at radius 1 is 1.24 bits per heavy atom. The molecule has 1 atom stereocenters. The van der Waals surface area contributed by atoms with Crippen molar-refractivity contribution in [1.82, 2.24) is 15.2 Å². The third-order valence-electron chi connectivity index (χ3n) is 4.68. The van der Waals surface area contributed by atoms with E-state index < -0.39 is 0 Å². The van der Waals surface area contributed by atoms with E-state index in [9.17, 15) is 0 Å². The van der Waals surface area contributed by atoms with Gasteiger partial charge in [-0.25, -0.2) is 0 Å².